The largest absolute Gasteiger partial charge is 0.417 e. The van der Waals surface area contributed by atoms with E-state index in [0.717, 1.165) is 34.1 Å². The number of alkyl halides is 3. The highest BCUT2D eigenvalue weighted by Crippen LogP contribution is 2.33. The van der Waals surface area contributed by atoms with Gasteiger partial charge in [-0.15, -0.1) is 10.2 Å². The summed E-state index contributed by atoms with van der Waals surface area (Å²) in [5.74, 6) is -0.455. The number of halogens is 5. The Balaban J connectivity index is 1.38. The quantitative estimate of drug-likeness (QED) is 0.424. The van der Waals surface area contributed by atoms with Crippen LogP contribution in [0.15, 0.2) is 41.7 Å². The number of amides is 1. The molecule has 0 spiro atoms. The number of hydrogen-bond acceptors (Lipinski definition) is 5. The molecule has 1 aromatic carbocycles. The summed E-state index contributed by atoms with van der Waals surface area (Å²) in [6, 6.07) is 6.97. The van der Waals surface area contributed by atoms with Gasteiger partial charge in [0.2, 0.25) is 5.91 Å². The molecule has 4 rings (SSSR count). The van der Waals surface area contributed by atoms with E-state index in [1.165, 1.54) is 12.1 Å². The summed E-state index contributed by atoms with van der Waals surface area (Å²) < 4.78 is 53.4. The SMILES string of the molecule is O=C(CSc1nnc2c(Cl)cc(C(F)(F)F)cn12)N1CCN(c2ccc(F)cc2)CC1. The Kier molecular flexibility index (Phi) is 5.98. The molecule has 164 valence electrons. The molecule has 31 heavy (non-hydrogen) atoms. The number of fused-ring (bicyclic) bond motifs is 1. The predicted molar refractivity (Wildman–Crippen MR) is 109 cm³/mol. The lowest BCUT2D eigenvalue weighted by Crippen LogP contribution is -2.49. The molecular formula is C19H16ClF4N5OS. The lowest BCUT2D eigenvalue weighted by atomic mass is 10.2. The molecule has 1 amide bonds. The molecule has 3 aromatic rings. The van der Waals surface area contributed by atoms with Gasteiger partial charge < -0.3 is 9.80 Å². The summed E-state index contributed by atoms with van der Waals surface area (Å²) in [5, 5.41) is 7.67. The van der Waals surface area contributed by atoms with E-state index in [9.17, 15) is 22.4 Å². The second-order valence-electron chi connectivity index (χ2n) is 6.88. The fourth-order valence-electron chi connectivity index (χ4n) is 3.27. The Bertz CT molecular complexity index is 1100. The van der Waals surface area contributed by atoms with Gasteiger partial charge in [0.05, 0.1) is 16.3 Å². The molecule has 1 aliphatic rings. The van der Waals surface area contributed by atoms with Crippen molar-refractivity contribution in [3.63, 3.8) is 0 Å². The van der Waals surface area contributed by atoms with Crippen LogP contribution in [0.4, 0.5) is 23.2 Å². The van der Waals surface area contributed by atoms with E-state index in [1.54, 1.807) is 17.0 Å². The van der Waals surface area contributed by atoms with Gasteiger partial charge in [-0.05, 0) is 30.3 Å². The van der Waals surface area contributed by atoms with Gasteiger partial charge in [0, 0.05) is 38.1 Å². The van der Waals surface area contributed by atoms with Crippen molar-refractivity contribution in [3.05, 3.63) is 52.9 Å². The van der Waals surface area contributed by atoms with Crippen LogP contribution < -0.4 is 4.90 Å². The number of piperazine rings is 1. The molecule has 1 fully saturated rings. The van der Waals surface area contributed by atoms with Crippen molar-refractivity contribution < 1.29 is 22.4 Å². The van der Waals surface area contributed by atoms with Crippen LogP contribution in [0.5, 0.6) is 0 Å². The molecule has 0 N–H and O–H groups in total. The average Bonchev–Trinajstić information content (AvgIpc) is 3.16. The van der Waals surface area contributed by atoms with Crippen molar-refractivity contribution >= 4 is 40.6 Å². The highest BCUT2D eigenvalue weighted by atomic mass is 35.5. The van der Waals surface area contributed by atoms with Crippen molar-refractivity contribution in [2.24, 2.45) is 0 Å². The number of hydrogen-bond donors (Lipinski definition) is 0. The Labute approximate surface area is 183 Å². The Morgan fingerprint density at radius 2 is 1.77 bits per heavy atom. The fourth-order valence-corrected chi connectivity index (χ4v) is 4.33. The van der Waals surface area contributed by atoms with Gasteiger partial charge in [-0.1, -0.05) is 23.4 Å². The number of carbonyl (C=O) groups excluding carboxylic acids is 1. The number of anilines is 1. The van der Waals surface area contributed by atoms with Gasteiger partial charge in [0.15, 0.2) is 10.8 Å². The molecule has 0 atom stereocenters. The molecule has 0 radical (unpaired) electrons. The molecule has 1 saturated heterocycles. The summed E-state index contributed by atoms with van der Waals surface area (Å²) >= 11 is 6.91. The minimum atomic E-state index is -4.57. The molecule has 1 aliphatic heterocycles. The van der Waals surface area contributed by atoms with Crippen LogP contribution >= 0.6 is 23.4 Å². The van der Waals surface area contributed by atoms with Gasteiger partial charge in [-0.2, -0.15) is 13.2 Å². The summed E-state index contributed by atoms with van der Waals surface area (Å²) in [4.78, 5) is 16.3. The predicted octanol–water partition coefficient (Wildman–Crippen LogP) is 3.98. The van der Waals surface area contributed by atoms with Gasteiger partial charge in [0.25, 0.3) is 0 Å². The molecular weight excluding hydrogens is 458 g/mol. The van der Waals surface area contributed by atoms with E-state index in [4.69, 9.17) is 11.6 Å². The lowest BCUT2D eigenvalue weighted by Gasteiger charge is -2.36. The zero-order valence-electron chi connectivity index (χ0n) is 15.9. The highest BCUT2D eigenvalue weighted by Gasteiger charge is 2.32. The van der Waals surface area contributed by atoms with Crippen molar-refractivity contribution in [2.45, 2.75) is 11.3 Å². The first-order chi connectivity index (χ1) is 14.7. The van der Waals surface area contributed by atoms with Gasteiger partial charge in [-0.25, -0.2) is 4.39 Å². The molecule has 6 nitrogen and oxygen atoms in total. The second-order valence-corrected chi connectivity index (χ2v) is 8.23. The first-order valence-electron chi connectivity index (χ1n) is 9.25. The average molecular weight is 474 g/mol. The zero-order chi connectivity index (χ0) is 22.2. The van der Waals surface area contributed by atoms with E-state index in [1.807, 2.05) is 0 Å². The number of carbonyl (C=O) groups is 1. The maximum atomic E-state index is 13.1. The Hall–Kier alpha value is -2.53. The van der Waals surface area contributed by atoms with Crippen molar-refractivity contribution in [3.8, 4) is 0 Å². The molecule has 0 aliphatic carbocycles. The molecule has 0 saturated carbocycles. The van der Waals surface area contributed by atoms with E-state index in [-0.39, 0.29) is 33.3 Å². The van der Waals surface area contributed by atoms with Crippen molar-refractivity contribution in [2.75, 3.05) is 36.8 Å². The van der Waals surface area contributed by atoms with E-state index < -0.39 is 11.7 Å². The number of thioether (sulfide) groups is 1. The minimum absolute atomic E-state index is 0.00516. The Morgan fingerprint density at radius 1 is 1.10 bits per heavy atom. The van der Waals surface area contributed by atoms with E-state index in [0.29, 0.717) is 26.2 Å². The number of nitrogens with zero attached hydrogens (tertiary/aromatic N) is 5. The van der Waals surface area contributed by atoms with Gasteiger partial charge >= 0.3 is 6.18 Å². The van der Waals surface area contributed by atoms with Crippen molar-refractivity contribution in [1.82, 2.24) is 19.5 Å². The van der Waals surface area contributed by atoms with E-state index >= 15 is 0 Å². The summed E-state index contributed by atoms with van der Waals surface area (Å²) in [6.07, 6.45) is -3.69. The fraction of sp³-hybridized carbons (Fsp3) is 0.316. The van der Waals surface area contributed by atoms with Crippen LogP contribution in [0.3, 0.4) is 0 Å². The van der Waals surface area contributed by atoms with Crippen molar-refractivity contribution in [1.29, 1.82) is 0 Å². The number of rotatable bonds is 4. The molecule has 0 bridgehead atoms. The summed E-state index contributed by atoms with van der Waals surface area (Å²) in [7, 11) is 0. The highest BCUT2D eigenvalue weighted by molar-refractivity contribution is 7.99. The maximum absolute atomic E-state index is 13.1. The van der Waals surface area contributed by atoms with Crippen LogP contribution in [0, 0.1) is 5.82 Å². The summed E-state index contributed by atoms with van der Waals surface area (Å²) in [5.41, 5.74) is 0.0579. The first-order valence-corrected chi connectivity index (χ1v) is 10.6. The molecule has 2 aromatic heterocycles. The Morgan fingerprint density at radius 3 is 2.42 bits per heavy atom. The van der Waals surface area contributed by atoms with Crippen LogP contribution in [0.2, 0.25) is 5.02 Å². The molecule has 0 unspecified atom stereocenters. The normalized spacial score (nSPS) is 15.0. The second kappa shape index (κ2) is 8.54. The van der Waals surface area contributed by atoms with Crippen LogP contribution in [-0.4, -0.2) is 57.3 Å². The maximum Gasteiger partial charge on any atom is 0.417 e. The van der Waals surface area contributed by atoms with Crippen LogP contribution in [0.1, 0.15) is 5.56 Å². The first kappa shape index (κ1) is 21.7. The summed E-state index contributed by atoms with van der Waals surface area (Å²) in [6.45, 7) is 2.17. The van der Waals surface area contributed by atoms with Crippen LogP contribution in [0.25, 0.3) is 5.65 Å². The monoisotopic (exact) mass is 473 g/mol. The zero-order valence-corrected chi connectivity index (χ0v) is 17.5. The van der Waals surface area contributed by atoms with Crippen LogP contribution in [-0.2, 0) is 11.0 Å². The number of aromatic nitrogens is 3. The minimum Gasteiger partial charge on any atom is -0.368 e. The third-order valence-corrected chi connectivity index (χ3v) is 6.11. The molecule has 12 heteroatoms. The number of benzene rings is 1. The lowest BCUT2D eigenvalue weighted by molar-refractivity contribution is -0.138. The smallest absolute Gasteiger partial charge is 0.368 e. The third kappa shape index (κ3) is 4.72. The number of pyridine rings is 1. The molecule has 3 heterocycles. The van der Waals surface area contributed by atoms with Gasteiger partial charge in [-0.3, -0.25) is 9.20 Å². The van der Waals surface area contributed by atoms with Gasteiger partial charge in [0.1, 0.15) is 5.82 Å². The topological polar surface area (TPSA) is 53.7 Å². The third-order valence-electron chi connectivity index (χ3n) is 4.90. The standard InChI is InChI=1S/C19H16ClF4N5OS/c20-15-9-12(19(22,23)24)10-29-17(15)25-26-18(29)31-11-16(30)28-7-5-27(6-8-28)14-3-1-13(21)2-4-14/h1-4,9-10H,5-8,11H2. The van der Waals surface area contributed by atoms with E-state index in [2.05, 4.69) is 15.1 Å².